The second kappa shape index (κ2) is 7.58. The summed E-state index contributed by atoms with van der Waals surface area (Å²) in [6.45, 7) is 4.34. The van der Waals surface area contributed by atoms with Crippen LogP contribution in [0.3, 0.4) is 0 Å². The standard InChI is InChI=1S/C21H21N3O2S/c1-14-6-5-7-17(10-14)26-12-16(25)13-27-21-23-22-20-11-15(2)18-8-3-4-9-19(18)24(20)21/h3-11,16,25H,12-13H2,1-2H3. The van der Waals surface area contributed by atoms with Crippen LogP contribution in [0.25, 0.3) is 16.6 Å². The molecule has 0 fully saturated rings. The third-order valence-electron chi connectivity index (χ3n) is 4.41. The molecule has 0 amide bonds. The molecule has 0 aliphatic heterocycles. The number of hydrogen-bond acceptors (Lipinski definition) is 5. The molecule has 4 aromatic rings. The van der Waals surface area contributed by atoms with Crippen molar-refractivity contribution in [2.45, 2.75) is 25.1 Å². The van der Waals surface area contributed by atoms with E-state index < -0.39 is 6.10 Å². The maximum absolute atomic E-state index is 10.3. The lowest BCUT2D eigenvalue weighted by molar-refractivity contribution is 0.126. The third kappa shape index (κ3) is 3.77. The topological polar surface area (TPSA) is 59.7 Å². The van der Waals surface area contributed by atoms with Gasteiger partial charge >= 0.3 is 0 Å². The van der Waals surface area contributed by atoms with Crippen LogP contribution in [0, 0.1) is 13.8 Å². The van der Waals surface area contributed by atoms with Crippen LogP contribution < -0.4 is 4.74 Å². The van der Waals surface area contributed by atoms with Gasteiger partial charge in [0.05, 0.1) is 11.6 Å². The molecule has 0 saturated carbocycles. The Kier molecular flexibility index (Phi) is 5.01. The van der Waals surface area contributed by atoms with E-state index in [9.17, 15) is 5.11 Å². The van der Waals surface area contributed by atoms with Crippen molar-refractivity contribution in [2.75, 3.05) is 12.4 Å². The predicted molar refractivity (Wildman–Crippen MR) is 109 cm³/mol. The van der Waals surface area contributed by atoms with Crippen molar-refractivity contribution in [3.05, 3.63) is 65.7 Å². The molecule has 4 rings (SSSR count). The largest absolute Gasteiger partial charge is 0.491 e. The summed E-state index contributed by atoms with van der Waals surface area (Å²) in [7, 11) is 0. The number of aryl methyl sites for hydroxylation is 2. The van der Waals surface area contributed by atoms with Crippen molar-refractivity contribution in [1.82, 2.24) is 14.6 Å². The van der Waals surface area contributed by atoms with Crippen LogP contribution in [0.5, 0.6) is 5.75 Å². The van der Waals surface area contributed by atoms with Gasteiger partial charge in [-0.05, 0) is 49.2 Å². The average Bonchev–Trinajstić information content (AvgIpc) is 3.08. The number of para-hydroxylation sites is 1. The lowest BCUT2D eigenvalue weighted by Gasteiger charge is -2.12. The number of ether oxygens (including phenoxy) is 1. The number of aliphatic hydroxyl groups excluding tert-OH is 1. The van der Waals surface area contributed by atoms with Gasteiger partial charge in [0, 0.05) is 11.1 Å². The summed E-state index contributed by atoms with van der Waals surface area (Å²) in [6, 6.07) is 18.1. The lowest BCUT2D eigenvalue weighted by Crippen LogP contribution is -2.20. The highest BCUT2D eigenvalue weighted by molar-refractivity contribution is 7.99. The predicted octanol–water partition coefficient (Wildman–Crippen LogP) is 4.03. The van der Waals surface area contributed by atoms with Crippen LogP contribution >= 0.6 is 11.8 Å². The first-order valence-corrected chi connectivity index (χ1v) is 9.84. The molecule has 6 heteroatoms. The molecule has 2 heterocycles. The van der Waals surface area contributed by atoms with Crippen molar-refractivity contribution in [1.29, 1.82) is 0 Å². The number of fused-ring (bicyclic) bond motifs is 3. The number of benzene rings is 2. The summed E-state index contributed by atoms with van der Waals surface area (Å²) in [5.74, 6) is 1.25. The van der Waals surface area contributed by atoms with Gasteiger partial charge in [0.15, 0.2) is 10.8 Å². The Morgan fingerprint density at radius 3 is 2.78 bits per heavy atom. The van der Waals surface area contributed by atoms with E-state index in [1.54, 1.807) is 0 Å². The first-order valence-electron chi connectivity index (χ1n) is 8.85. The van der Waals surface area contributed by atoms with E-state index in [1.165, 1.54) is 22.7 Å². The highest BCUT2D eigenvalue weighted by atomic mass is 32.2. The van der Waals surface area contributed by atoms with Crippen molar-refractivity contribution < 1.29 is 9.84 Å². The second-order valence-electron chi connectivity index (χ2n) is 6.61. The molecular formula is C21H21N3O2S. The molecular weight excluding hydrogens is 358 g/mol. The molecule has 1 atom stereocenters. The van der Waals surface area contributed by atoms with E-state index in [4.69, 9.17) is 4.74 Å². The summed E-state index contributed by atoms with van der Waals surface area (Å²) < 4.78 is 7.73. The minimum Gasteiger partial charge on any atom is -0.491 e. The molecule has 0 aliphatic carbocycles. The average molecular weight is 379 g/mol. The SMILES string of the molecule is Cc1cccc(OCC(O)CSc2nnc3cc(C)c4ccccc4n23)c1. The Hall–Kier alpha value is -2.57. The van der Waals surface area contributed by atoms with Crippen molar-refractivity contribution in [3.63, 3.8) is 0 Å². The zero-order valence-electron chi connectivity index (χ0n) is 15.3. The van der Waals surface area contributed by atoms with Gasteiger partial charge in [-0.2, -0.15) is 0 Å². The smallest absolute Gasteiger partial charge is 0.196 e. The molecule has 0 spiro atoms. The van der Waals surface area contributed by atoms with E-state index in [0.29, 0.717) is 5.75 Å². The number of thioether (sulfide) groups is 1. The maximum atomic E-state index is 10.3. The number of aliphatic hydroxyl groups is 1. The quantitative estimate of drug-likeness (QED) is 0.513. The fourth-order valence-corrected chi connectivity index (χ4v) is 3.94. The van der Waals surface area contributed by atoms with Crippen molar-refractivity contribution in [3.8, 4) is 5.75 Å². The Morgan fingerprint density at radius 1 is 1.07 bits per heavy atom. The summed E-state index contributed by atoms with van der Waals surface area (Å²) in [4.78, 5) is 0. The van der Waals surface area contributed by atoms with Gasteiger partial charge in [0.1, 0.15) is 12.4 Å². The van der Waals surface area contributed by atoms with Crippen LogP contribution in [0.2, 0.25) is 0 Å². The number of pyridine rings is 1. The minimum absolute atomic E-state index is 0.243. The van der Waals surface area contributed by atoms with E-state index in [-0.39, 0.29) is 6.61 Å². The molecule has 5 nitrogen and oxygen atoms in total. The first-order chi connectivity index (χ1) is 13.1. The Balaban J connectivity index is 1.48. The van der Waals surface area contributed by atoms with E-state index in [0.717, 1.165) is 27.6 Å². The molecule has 0 saturated heterocycles. The highest BCUT2D eigenvalue weighted by Gasteiger charge is 2.14. The molecule has 2 aromatic carbocycles. The zero-order chi connectivity index (χ0) is 18.8. The fourth-order valence-electron chi connectivity index (χ4n) is 3.08. The number of nitrogens with zero attached hydrogens (tertiary/aromatic N) is 3. The van der Waals surface area contributed by atoms with Crippen molar-refractivity contribution in [2.24, 2.45) is 0 Å². The third-order valence-corrected chi connectivity index (χ3v) is 5.48. The molecule has 1 unspecified atom stereocenters. The van der Waals surface area contributed by atoms with Gasteiger partial charge in [-0.15, -0.1) is 10.2 Å². The Morgan fingerprint density at radius 2 is 1.93 bits per heavy atom. The van der Waals surface area contributed by atoms with Crippen LogP contribution in [0.4, 0.5) is 0 Å². The minimum atomic E-state index is -0.598. The zero-order valence-corrected chi connectivity index (χ0v) is 16.1. The maximum Gasteiger partial charge on any atom is 0.196 e. The molecule has 0 aliphatic rings. The lowest BCUT2D eigenvalue weighted by atomic mass is 10.1. The van der Waals surface area contributed by atoms with Crippen LogP contribution in [0.1, 0.15) is 11.1 Å². The number of rotatable bonds is 6. The van der Waals surface area contributed by atoms with Crippen molar-refractivity contribution >= 4 is 28.3 Å². The van der Waals surface area contributed by atoms with Gasteiger partial charge in [-0.1, -0.05) is 42.1 Å². The molecule has 2 aromatic heterocycles. The monoisotopic (exact) mass is 379 g/mol. The molecule has 27 heavy (non-hydrogen) atoms. The van der Waals surface area contributed by atoms with E-state index >= 15 is 0 Å². The number of hydrogen-bond donors (Lipinski definition) is 1. The van der Waals surface area contributed by atoms with E-state index in [2.05, 4.69) is 29.3 Å². The Bertz CT molecular complexity index is 1090. The summed E-state index contributed by atoms with van der Waals surface area (Å²) >= 11 is 1.48. The summed E-state index contributed by atoms with van der Waals surface area (Å²) in [5.41, 5.74) is 4.20. The first kappa shape index (κ1) is 17.8. The number of aromatic nitrogens is 3. The van der Waals surface area contributed by atoms with Gasteiger partial charge in [0.25, 0.3) is 0 Å². The molecule has 0 radical (unpaired) electrons. The normalized spacial score (nSPS) is 12.6. The molecule has 1 N–H and O–H groups in total. The summed E-state index contributed by atoms with van der Waals surface area (Å²) in [6.07, 6.45) is -0.598. The van der Waals surface area contributed by atoms with Crippen LogP contribution in [-0.4, -0.2) is 38.2 Å². The molecule has 0 bridgehead atoms. The fraction of sp³-hybridized carbons (Fsp3) is 0.238. The van der Waals surface area contributed by atoms with Gasteiger partial charge in [-0.25, -0.2) is 0 Å². The van der Waals surface area contributed by atoms with Crippen LogP contribution in [-0.2, 0) is 0 Å². The van der Waals surface area contributed by atoms with Gasteiger partial charge < -0.3 is 9.84 Å². The van der Waals surface area contributed by atoms with E-state index in [1.807, 2.05) is 53.8 Å². The summed E-state index contributed by atoms with van der Waals surface area (Å²) in [5, 5.41) is 20.9. The van der Waals surface area contributed by atoms with Gasteiger partial charge in [0.2, 0.25) is 0 Å². The Labute approximate surface area is 162 Å². The highest BCUT2D eigenvalue weighted by Crippen LogP contribution is 2.26. The van der Waals surface area contributed by atoms with Gasteiger partial charge in [-0.3, -0.25) is 4.40 Å². The van der Waals surface area contributed by atoms with Crippen LogP contribution in [0.15, 0.2) is 59.8 Å². The molecule has 138 valence electrons. The second-order valence-corrected chi connectivity index (χ2v) is 7.60.